The van der Waals surface area contributed by atoms with Gasteiger partial charge in [-0.1, -0.05) is 11.6 Å². The second kappa shape index (κ2) is 7.01. The van der Waals surface area contributed by atoms with Gasteiger partial charge in [0.25, 0.3) is 0 Å². The fraction of sp³-hybridized carbons (Fsp3) is 0.500. The molecule has 1 saturated heterocycles. The Balaban J connectivity index is 2.28. The van der Waals surface area contributed by atoms with Crippen LogP contribution in [0.2, 0.25) is 5.02 Å². The Morgan fingerprint density at radius 3 is 2.50 bits per heavy atom. The lowest BCUT2D eigenvalue weighted by Gasteiger charge is -2.23. The van der Waals surface area contributed by atoms with Crippen molar-refractivity contribution in [2.75, 3.05) is 24.5 Å². The van der Waals surface area contributed by atoms with E-state index in [0.717, 1.165) is 18.2 Å². The van der Waals surface area contributed by atoms with E-state index in [0.29, 0.717) is 13.1 Å². The Kier molecular flexibility index (Phi) is 5.42. The molecule has 0 bridgehead atoms. The molecule has 132 valence electrons. The molecule has 1 aromatic rings. The summed E-state index contributed by atoms with van der Waals surface area (Å²) in [5, 5.41) is 0.0484. The van der Waals surface area contributed by atoms with Crippen LogP contribution >= 0.6 is 11.6 Å². The average Bonchev–Trinajstić information content (AvgIpc) is 2.89. The third kappa shape index (κ3) is 3.66. The summed E-state index contributed by atoms with van der Waals surface area (Å²) in [7, 11) is 0. The fourth-order valence-corrected chi connectivity index (χ4v) is 3.01. The highest BCUT2D eigenvalue weighted by molar-refractivity contribution is 6.34. The molecule has 2 rings (SSSR count). The van der Waals surface area contributed by atoms with Crippen molar-refractivity contribution in [1.29, 1.82) is 0 Å². The van der Waals surface area contributed by atoms with Crippen LogP contribution in [0.1, 0.15) is 25.8 Å². The normalized spacial score (nSPS) is 18.2. The predicted octanol–water partition coefficient (Wildman–Crippen LogP) is 3.58. The molecule has 0 N–H and O–H groups in total. The highest BCUT2D eigenvalue weighted by Crippen LogP contribution is 2.37. The number of alkyl halides is 3. The maximum absolute atomic E-state index is 12.9. The third-order valence-corrected chi connectivity index (χ3v) is 4.43. The van der Waals surface area contributed by atoms with E-state index in [1.54, 1.807) is 4.90 Å². The number of hydrogen-bond acceptors (Lipinski definition) is 2. The maximum atomic E-state index is 12.9. The van der Waals surface area contributed by atoms with Crippen LogP contribution in [0.25, 0.3) is 0 Å². The molecular weight excluding hydrogens is 345 g/mol. The van der Waals surface area contributed by atoms with Crippen molar-refractivity contribution in [1.82, 2.24) is 4.90 Å². The molecule has 2 amide bonds. The Bertz CT molecular complexity index is 645. The number of benzene rings is 1. The molecule has 1 unspecified atom stereocenters. The number of rotatable bonds is 4. The molecule has 8 heteroatoms. The quantitative estimate of drug-likeness (QED) is 0.821. The van der Waals surface area contributed by atoms with Gasteiger partial charge in [0, 0.05) is 26.1 Å². The summed E-state index contributed by atoms with van der Waals surface area (Å²) >= 11 is 5.98. The summed E-state index contributed by atoms with van der Waals surface area (Å²) in [5.74, 6) is -1.14. The van der Waals surface area contributed by atoms with Gasteiger partial charge in [-0.25, -0.2) is 0 Å². The van der Waals surface area contributed by atoms with Crippen molar-refractivity contribution in [3.63, 3.8) is 0 Å². The van der Waals surface area contributed by atoms with Gasteiger partial charge in [-0.3, -0.25) is 9.59 Å². The van der Waals surface area contributed by atoms with Gasteiger partial charge >= 0.3 is 6.18 Å². The van der Waals surface area contributed by atoms with Crippen LogP contribution in [0.4, 0.5) is 18.9 Å². The van der Waals surface area contributed by atoms with Gasteiger partial charge < -0.3 is 9.80 Å². The van der Waals surface area contributed by atoms with Gasteiger partial charge in [-0.05, 0) is 32.0 Å². The fourth-order valence-electron chi connectivity index (χ4n) is 2.80. The number of carbonyl (C=O) groups excluding carboxylic acids is 2. The lowest BCUT2D eigenvalue weighted by atomic mass is 10.1. The molecule has 24 heavy (non-hydrogen) atoms. The highest BCUT2D eigenvalue weighted by atomic mass is 35.5. The number of amides is 2. The lowest BCUT2D eigenvalue weighted by molar-refractivity contribution is -0.137. The van der Waals surface area contributed by atoms with E-state index < -0.39 is 23.6 Å². The van der Waals surface area contributed by atoms with E-state index in [9.17, 15) is 22.8 Å². The predicted molar refractivity (Wildman–Crippen MR) is 84.8 cm³/mol. The molecule has 4 nitrogen and oxygen atoms in total. The largest absolute Gasteiger partial charge is 0.416 e. The summed E-state index contributed by atoms with van der Waals surface area (Å²) in [6, 6.07) is 2.84. The van der Waals surface area contributed by atoms with Crippen molar-refractivity contribution in [2.24, 2.45) is 5.92 Å². The maximum Gasteiger partial charge on any atom is 0.416 e. The van der Waals surface area contributed by atoms with Gasteiger partial charge in [0.15, 0.2) is 0 Å². The van der Waals surface area contributed by atoms with Crippen LogP contribution in [-0.2, 0) is 15.8 Å². The van der Waals surface area contributed by atoms with Crippen molar-refractivity contribution < 1.29 is 22.8 Å². The molecule has 0 radical (unpaired) electrons. The first-order chi connectivity index (χ1) is 11.2. The van der Waals surface area contributed by atoms with Gasteiger partial charge in [0.05, 0.1) is 22.2 Å². The first kappa shape index (κ1) is 18.6. The average molecular weight is 363 g/mol. The van der Waals surface area contributed by atoms with Gasteiger partial charge in [0.2, 0.25) is 11.8 Å². The SMILES string of the molecule is CCN(CC)C(=O)C1CC(=O)N(c2cc(C(F)(F)F)ccc2Cl)C1. The number of hydrogen-bond donors (Lipinski definition) is 0. The van der Waals surface area contributed by atoms with Gasteiger partial charge in [0.1, 0.15) is 0 Å². The van der Waals surface area contributed by atoms with Crippen LogP contribution < -0.4 is 4.90 Å². The topological polar surface area (TPSA) is 40.6 Å². The number of nitrogens with zero attached hydrogens (tertiary/aromatic N) is 2. The lowest BCUT2D eigenvalue weighted by Crippen LogP contribution is -2.37. The van der Waals surface area contributed by atoms with E-state index in [-0.39, 0.29) is 29.6 Å². The molecule has 0 spiro atoms. The van der Waals surface area contributed by atoms with Crippen molar-refractivity contribution in [3.8, 4) is 0 Å². The Morgan fingerprint density at radius 2 is 1.96 bits per heavy atom. The highest BCUT2D eigenvalue weighted by Gasteiger charge is 2.38. The first-order valence-electron chi connectivity index (χ1n) is 7.64. The zero-order valence-electron chi connectivity index (χ0n) is 13.4. The van der Waals surface area contributed by atoms with Crippen molar-refractivity contribution in [3.05, 3.63) is 28.8 Å². The van der Waals surface area contributed by atoms with Crippen LogP contribution in [-0.4, -0.2) is 36.3 Å². The molecular formula is C16H18ClF3N2O2. The van der Waals surface area contributed by atoms with Crippen LogP contribution in [0.3, 0.4) is 0 Å². The minimum atomic E-state index is -4.53. The molecule has 1 atom stereocenters. The molecule has 1 aromatic carbocycles. The van der Waals surface area contributed by atoms with Crippen LogP contribution in [0.5, 0.6) is 0 Å². The van der Waals surface area contributed by atoms with Gasteiger partial charge in [-0.2, -0.15) is 13.2 Å². The first-order valence-corrected chi connectivity index (χ1v) is 8.02. The summed E-state index contributed by atoms with van der Waals surface area (Å²) in [5.41, 5.74) is -0.889. The van der Waals surface area contributed by atoms with Crippen molar-refractivity contribution in [2.45, 2.75) is 26.4 Å². The van der Waals surface area contributed by atoms with Crippen LogP contribution in [0.15, 0.2) is 18.2 Å². The summed E-state index contributed by atoms with van der Waals surface area (Å²) in [6.07, 6.45) is -4.56. The second-order valence-corrected chi connectivity index (χ2v) is 5.99. The molecule has 0 saturated carbocycles. The van der Waals surface area contributed by atoms with E-state index in [1.165, 1.54) is 4.90 Å². The third-order valence-electron chi connectivity index (χ3n) is 4.11. The second-order valence-electron chi connectivity index (χ2n) is 5.58. The van der Waals surface area contributed by atoms with E-state index >= 15 is 0 Å². The molecule has 1 fully saturated rings. The molecule has 0 aromatic heterocycles. The summed E-state index contributed by atoms with van der Waals surface area (Å²) in [6.45, 7) is 4.74. The zero-order chi connectivity index (χ0) is 18.1. The zero-order valence-corrected chi connectivity index (χ0v) is 14.1. The Morgan fingerprint density at radius 1 is 1.33 bits per heavy atom. The Labute approximate surface area is 143 Å². The number of halogens is 4. The minimum Gasteiger partial charge on any atom is -0.343 e. The molecule has 1 aliphatic rings. The van der Waals surface area contributed by atoms with Crippen LogP contribution in [0, 0.1) is 5.92 Å². The smallest absolute Gasteiger partial charge is 0.343 e. The number of anilines is 1. The molecule has 1 heterocycles. The van der Waals surface area contributed by atoms with E-state index in [4.69, 9.17) is 11.6 Å². The standard InChI is InChI=1S/C16H18ClF3N2O2/c1-3-21(4-2)15(24)10-7-14(23)22(9-10)13-8-11(16(18,19)20)5-6-12(13)17/h5-6,8,10H,3-4,7,9H2,1-2H3. The monoisotopic (exact) mass is 362 g/mol. The molecule has 0 aliphatic carbocycles. The van der Waals surface area contributed by atoms with Gasteiger partial charge in [-0.15, -0.1) is 0 Å². The minimum absolute atomic E-state index is 0.00802. The van der Waals surface area contributed by atoms with Crippen molar-refractivity contribution >= 4 is 29.1 Å². The number of carbonyl (C=O) groups is 2. The summed E-state index contributed by atoms with van der Waals surface area (Å²) in [4.78, 5) is 27.4. The summed E-state index contributed by atoms with van der Waals surface area (Å²) < 4.78 is 38.6. The van der Waals surface area contributed by atoms with E-state index in [1.807, 2.05) is 13.8 Å². The van der Waals surface area contributed by atoms with E-state index in [2.05, 4.69) is 0 Å². The Hall–Kier alpha value is -1.76. The molecule has 1 aliphatic heterocycles.